The van der Waals surface area contributed by atoms with E-state index in [2.05, 4.69) is 4.98 Å². The van der Waals surface area contributed by atoms with Crippen LogP contribution < -0.4 is 5.73 Å². The van der Waals surface area contributed by atoms with E-state index < -0.39 is 17.5 Å². The second kappa shape index (κ2) is 5.92. The lowest BCUT2D eigenvalue weighted by molar-refractivity contribution is -0.193. The molecule has 3 amide bonds. The summed E-state index contributed by atoms with van der Waals surface area (Å²) in [6.07, 6.45) is 7.10. The molecule has 0 unspecified atom stereocenters. The van der Waals surface area contributed by atoms with Gasteiger partial charge in [0.05, 0.1) is 5.54 Å². The number of rotatable bonds is 2. The van der Waals surface area contributed by atoms with Crippen molar-refractivity contribution in [3.05, 3.63) is 29.1 Å². The van der Waals surface area contributed by atoms with Crippen LogP contribution in [0.2, 0.25) is 0 Å². The van der Waals surface area contributed by atoms with E-state index >= 15 is 0 Å². The molecule has 7 heteroatoms. The Morgan fingerprint density at radius 1 is 1.15 bits per heavy atom. The van der Waals surface area contributed by atoms with E-state index in [-0.39, 0.29) is 0 Å². The summed E-state index contributed by atoms with van der Waals surface area (Å²) < 4.78 is 0. The summed E-state index contributed by atoms with van der Waals surface area (Å²) in [5, 5.41) is 12.0. The molecule has 0 saturated heterocycles. The van der Waals surface area contributed by atoms with Crippen LogP contribution in [-0.4, -0.2) is 44.2 Å². The standard InChI is InChI=1S/C20H26N4O3/c21-19(26)23-4-3-16-15(11-23)1-2-17(22-16)18(25)24(27)20-8-12-5-13(9-20)7-14(6-12)10-20/h1-2,12-14,27H,3-11H2,(H2,21,26). The summed E-state index contributed by atoms with van der Waals surface area (Å²) in [5.74, 6) is 1.55. The molecule has 4 bridgehead atoms. The molecule has 2 heterocycles. The van der Waals surface area contributed by atoms with Crippen molar-refractivity contribution in [3.63, 3.8) is 0 Å². The fraction of sp³-hybridized carbons (Fsp3) is 0.650. The predicted octanol–water partition coefficient (Wildman–Crippen LogP) is 2.32. The molecule has 0 spiro atoms. The number of carbonyl (C=O) groups excluding carboxylic acids is 2. The minimum atomic E-state index is -0.441. The Morgan fingerprint density at radius 2 is 1.78 bits per heavy atom. The van der Waals surface area contributed by atoms with Crippen molar-refractivity contribution < 1.29 is 14.8 Å². The van der Waals surface area contributed by atoms with E-state index in [1.807, 2.05) is 6.07 Å². The van der Waals surface area contributed by atoms with E-state index in [0.717, 1.165) is 35.6 Å². The summed E-state index contributed by atoms with van der Waals surface area (Å²) >= 11 is 0. The molecule has 1 aromatic heterocycles. The first-order chi connectivity index (χ1) is 12.9. The number of carbonyl (C=O) groups is 2. The van der Waals surface area contributed by atoms with Crippen molar-refractivity contribution in [3.8, 4) is 0 Å². The molecule has 1 aliphatic heterocycles. The molecule has 1 aromatic rings. The third-order valence-electron chi connectivity index (χ3n) is 7.23. The smallest absolute Gasteiger partial charge is 0.315 e. The molecule has 0 atom stereocenters. The number of aromatic nitrogens is 1. The minimum absolute atomic E-state index is 0.291. The van der Waals surface area contributed by atoms with Gasteiger partial charge in [0.2, 0.25) is 0 Å². The fourth-order valence-corrected chi connectivity index (χ4v) is 6.37. The third-order valence-corrected chi connectivity index (χ3v) is 7.23. The van der Waals surface area contributed by atoms with Crippen LogP contribution in [0.5, 0.6) is 0 Å². The Kier molecular flexibility index (Phi) is 3.73. The fourth-order valence-electron chi connectivity index (χ4n) is 6.37. The largest absolute Gasteiger partial charge is 0.351 e. The minimum Gasteiger partial charge on any atom is -0.351 e. The quantitative estimate of drug-likeness (QED) is 0.616. The zero-order valence-corrected chi connectivity index (χ0v) is 15.4. The number of primary amides is 1. The molecule has 4 fully saturated rings. The van der Waals surface area contributed by atoms with Crippen LogP contribution in [0.3, 0.4) is 0 Å². The Labute approximate surface area is 158 Å². The maximum atomic E-state index is 13.0. The Morgan fingerprint density at radius 3 is 2.37 bits per heavy atom. The van der Waals surface area contributed by atoms with Gasteiger partial charge in [-0.25, -0.2) is 14.8 Å². The van der Waals surface area contributed by atoms with E-state index in [9.17, 15) is 14.8 Å². The number of fused-ring (bicyclic) bond motifs is 1. The average Bonchev–Trinajstić information content (AvgIpc) is 2.64. The van der Waals surface area contributed by atoms with Gasteiger partial charge in [-0.05, 0) is 67.9 Å². The molecule has 5 aliphatic rings. The van der Waals surface area contributed by atoms with Gasteiger partial charge in [0, 0.05) is 25.2 Å². The lowest BCUT2D eigenvalue weighted by atomic mass is 9.53. The van der Waals surface area contributed by atoms with Gasteiger partial charge in [-0.1, -0.05) is 6.07 Å². The highest BCUT2D eigenvalue weighted by Crippen LogP contribution is 2.57. The highest BCUT2D eigenvalue weighted by atomic mass is 16.5. The van der Waals surface area contributed by atoms with Crippen LogP contribution in [0.1, 0.15) is 60.3 Å². The van der Waals surface area contributed by atoms with Gasteiger partial charge in [0.25, 0.3) is 5.91 Å². The number of amides is 3. The molecule has 4 saturated carbocycles. The molecular weight excluding hydrogens is 344 g/mol. The second-order valence-corrected chi connectivity index (χ2v) is 9.07. The van der Waals surface area contributed by atoms with Crippen molar-refractivity contribution in [1.82, 2.24) is 14.9 Å². The highest BCUT2D eigenvalue weighted by molar-refractivity contribution is 5.92. The number of hydrogen-bond acceptors (Lipinski definition) is 4. The third kappa shape index (κ3) is 2.71. The van der Waals surface area contributed by atoms with Gasteiger partial charge in [-0.3, -0.25) is 10.0 Å². The molecule has 7 nitrogen and oxygen atoms in total. The van der Waals surface area contributed by atoms with Gasteiger partial charge >= 0.3 is 6.03 Å². The SMILES string of the molecule is NC(=O)N1CCc2nc(C(=O)N(O)C34CC5CC(CC(C5)C3)C4)ccc2C1. The van der Waals surface area contributed by atoms with Gasteiger partial charge in [0.15, 0.2) is 0 Å². The molecule has 0 radical (unpaired) electrons. The monoisotopic (exact) mass is 370 g/mol. The summed E-state index contributed by atoms with van der Waals surface area (Å²) in [6, 6.07) is 3.05. The number of hydrogen-bond donors (Lipinski definition) is 2. The Hall–Kier alpha value is -2.15. The molecule has 4 aliphatic carbocycles. The molecular formula is C20H26N4O3. The van der Waals surface area contributed by atoms with Crippen molar-refractivity contribution >= 4 is 11.9 Å². The van der Waals surface area contributed by atoms with Crippen molar-refractivity contribution in [1.29, 1.82) is 0 Å². The van der Waals surface area contributed by atoms with Crippen molar-refractivity contribution in [2.24, 2.45) is 23.5 Å². The topological polar surface area (TPSA) is 99.8 Å². The van der Waals surface area contributed by atoms with E-state index in [1.165, 1.54) is 19.3 Å². The van der Waals surface area contributed by atoms with Crippen LogP contribution in [0, 0.1) is 17.8 Å². The lowest BCUT2D eigenvalue weighted by Crippen LogP contribution is -2.60. The normalized spacial score (nSPS) is 33.7. The van der Waals surface area contributed by atoms with Gasteiger partial charge in [-0.2, -0.15) is 0 Å². The number of hydroxylamine groups is 2. The van der Waals surface area contributed by atoms with Gasteiger partial charge in [-0.15, -0.1) is 0 Å². The molecule has 144 valence electrons. The zero-order valence-electron chi connectivity index (χ0n) is 15.4. The molecule has 0 aromatic carbocycles. The van der Waals surface area contributed by atoms with Crippen molar-refractivity contribution in [2.75, 3.05) is 6.54 Å². The second-order valence-electron chi connectivity index (χ2n) is 9.07. The highest BCUT2D eigenvalue weighted by Gasteiger charge is 2.55. The van der Waals surface area contributed by atoms with Crippen LogP contribution in [-0.2, 0) is 13.0 Å². The first kappa shape index (κ1) is 17.0. The Bertz CT molecular complexity index is 773. The number of urea groups is 1. The number of nitrogens with zero attached hydrogens (tertiary/aromatic N) is 3. The van der Waals surface area contributed by atoms with E-state index in [1.54, 1.807) is 11.0 Å². The summed E-state index contributed by atoms with van der Waals surface area (Å²) in [7, 11) is 0. The molecule has 3 N–H and O–H groups in total. The molecule has 27 heavy (non-hydrogen) atoms. The zero-order chi connectivity index (χ0) is 18.8. The van der Waals surface area contributed by atoms with E-state index in [0.29, 0.717) is 43.0 Å². The first-order valence-corrected chi connectivity index (χ1v) is 10.0. The van der Waals surface area contributed by atoms with Crippen LogP contribution in [0.15, 0.2) is 12.1 Å². The average molecular weight is 370 g/mol. The number of pyridine rings is 1. The Balaban J connectivity index is 1.38. The number of nitrogens with two attached hydrogens (primary N) is 1. The first-order valence-electron chi connectivity index (χ1n) is 10.0. The van der Waals surface area contributed by atoms with Crippen molar-refractivity contribution in [2.45, 2.75) is 57.0 Å². The summed E-state index contributed by atoms with van der Waals surface area (Å²) in [5.41, 5.74) is 6.98. The maximum Gasteiger partial charge on any atom is 0.315 e. The van der Waals surface area contributed by atoms with Crippen LogP contribution in [0.4, 0.5) is 4.79 Å². The molecule has 6 rings (SSSR count). The lowest BCUT2D eigenvalue weighted by Gasteiger charge is -2.58. The van der Waals surface area contributed by atoms with E-state index in [4.69, 9.17) is 5.73 Å². The van der Waals surface area contributed by atoms with Crippen LogP contribution >= 0.6 is 0 Å². The van der Waals surface area contributed by atoms with Gasteiger partial charge < -0.3 is 10.6 Å². The van der Waals surface area contributed by atoms with Crippen LogP contribution in [0.25, 0.3) is 0 Å². The summed E-state index contributed by atoms with van der Waals surface area (Å²) in [4.78, 5) is 30.5. The summed E-state index contributed by atoms with van der Waals surface area (Å²) in [6.45, 7) is 0.925. The predicted molar refractivity (Wildman–Crippen MR) is 96.8 cm³/mol. The van der Waals surface area contributed by atoms with Gasteiger partial charge in [0.1, 0.15) is 5.69 Å². The maximum absolute atomic E-state index is 13.0.